The summed E-state index contributed by atoms with van der Waals surface area (Å²) in [6, 6.07) is 0. The Labute approximate surface area is 65.3 Å². The molecule has 0 saturated carbocycles. The summed E-state index contributed by atoms with van der Waals surface area (Å²) in [6.45, 7) is 8.99. The molecule has 0 unspecified atom stereocenters. The van der Waals surface area contributed by atoms with Gasteiger partial charge in [0.15, 0.2) is 0 Å². The molecule has 0 aromatic carbocycles. The van der Waals surface area contributed by atoms with Gasteiger partial charge in [-0.3, -0.25) is 0 Å². The Kier molecular flexibility index (Phi) is 5.38. The van der Waals surface area contributed by atoms with Crippen molar-refractivity contribution < 1.29 is 0 Å². The van der Waals surface area contributed by atoms with Crippen LogP contribution in [0, 0.1) is 5.92 Å². The average molecular weight is 140 g/mol. The molecule has 0 N–H and O–H groups in total. The summed E-state index contributed by atoms with van der Waals surface area (Å²) in [7, 11) is 0. The average Bonchev–Trinajstić information content (AvgIpc) is 1.90. The van der Waals surface area contributed by atoms with Crippen LogP contribution in [-0.4, -0.2) is 0 Å². The van der Waals surface area contributed by atoms with E-state index in [1.165, 1.54) is 19.3 Å². The predicted molar refractivity (Wildman–Crippen MR) is 48.1 cm³/mol. The molecule has 0 amide bonds. The smallest absolute Gasteiger partial charge is 0.0325 e. The summed E-state index contributed by atoms with van der Waals surface area (Å²) < 4.78 is 0. The Morgan fingerprint density at radius 2 is 1.70 bits per heavy atom. The second kappa shape index (κ2) is 5.52. The lowest BCUT2D eigenvalue weighted by Crippen LogP contribution is -1.85. The summed E-state index contributed by atoms with van der Waals surface area (Å²) in [4.78, 5) is 0. The van der Waals surface area contributed by atoms with Crippen molar-refractivity contribution in [2.45, 2.75) is 47.0 Å². The van der Waals surface area contributed by atoms with E-state index in [9.17, 15) is 0 Å². The molecule has 0 spiro atoms. The quantitative estimate of drug-likeness (QED) is 0.521. The first kappa shape index (κ1) is 9.74. The molecule has 0 fully saturated rings. The number of allylic oxidation sites excluding steroid dienone is 2. The predicted octanol–water partition coefficient (Wildman–Crippen LogP) is 3.78. The van der Waals surface area contributed by atoms with E-state index in [2.05, 4.69) is 33.8 Å². The van der Waals surface area contributed by atoms with Crippen LogP contribution >= 0.6 is 0 Å². The van der Waals surface area contributed by atoms with Crippen LogP contribution in [0.2, 0.25) is 0 Å². The van der Waals surface area contributed by atoms with E-state index < -0.39 is 0 Å². The van der Waals surface area contributed by atoms with Crippen LogP contribution < -0.4 is 0 Å². The second-order valence-corrected chi connectivity index (χ2v) is 3.20. The van der Waals surface area contributed by atoms with Gasteiger partial charge in [-0.1, -0.05) is 39.3 Å². The van der Waals surface area contributed by atoms with Crippen LogP contribution in [0.5, 0.6) is 0 Å². The number of hydrogen-bond acceptors (Lipinski definition) is 0. The highest BCUT2D eigenvalue weighted by Crippen LogP contribution is 2.09. The minimum atomic E-state index is 0.813. The van der Waals surface area contributed by atoms with E-state index in [0.717, 1.165) is 5.92 Å². The van der Waals surface area contributed by atoms with Crippen molar-refractivity contribution in [2.75, 3.05) is 0 Å². The number of hydrogen-bond donors (Lipinski definition) is 0. The monoisotopic (exact) mass is 140 g/mol. The second-order valence-electron chi connectivity index (χ2n) is 3.20. The van der Waals surface area contributed by atoms with Crippen molar-refractivity contribution in [1.82, 2.24) is 0 Å². The molecule has 0 radical (unpaired) electrons. The molecule has 0 rings (SSSR count). The van der Waals surface area contributed by atoms with Gasteiger partial charge in [0.2, 0.25) is 0 Å². The SMILES string of the molecule is CCC(=CCC(C)C)CC. The molecule has 0 aliphatic carbocycles. The third-order valence-corrected chi connectivity index (χ3v) is 1.79. The first-order valence-electron chi connectivity index (χ1n) is 4.38. The molecule has 60 valence electrons. The highest BCUT2D eigenvalue weighted by molar-refractivity contribution is 5.00. The molecule has 0 saturated heterocycles. The fourth-order valence-corrected chi connectivity index (χ4v) is 0.941. The minimum absolute atomic E-state index is 0.813. The zero-order valence-electron chi connectivity index (χ0n) is 7.78. The largest absolute Gasteiger partial charge is 0.0851 e. The molecule has 0 aromatic heterocycles. The Bertz CT molecular complexity index is 92.6. The zero-order chi connectivity index (χ0) is 7.98. The molecule has 0 aliphatic heterocycles. The lowest BCUT2D eigenvalue weighted by atomic mass is 10.0. The van der Waals surface area contributed by atoms with Crippen molar-refractivity contribution in [2.24, 2.45) is 5.92 Å². The van der Waals surface area contributed by atoms with Crippen LogP contribution in [0.25, 0.3) is 0 Å². The lowest BCUT2D eigenvalue weighted by molar-refractivity contribution is 0.658. The Balaban J connectivity index is 3.63. The molecule has 0 atom stereocenters. The third kappa shape index (κ3) is 4.60. The van der Waals surface area contributed by atoms with Gasteiger partial charge in [0.1, 0.15) is 0 Å². The first-order chi connectivity index (χ1) is 4.70. The summed E-state index contributed by atoms with van der Waals surface area (Å²) in [5, 5.41) is 0. The van der Waals surface area contributed by atoms with Crippen LogP contribution in [0.3, 0.4) is 0 Å². The molecule has 0 heterocycles. The topological polar surface area (TPSA) is 0 Å². The van der Waals surface area contributed by atoms with E-state index in [0.29, 0.717) is 0 Å². The van der Waals surface area contributed by atoms with Gasteiger partial charge in [-0.25, -0.2) is 0 Å². The van der Waals surface area contributed by atoms with E-state index in [-0.39, 0.29) is 0 Å². The van der Waals surface area contributed by atoms with E-state index in [1.807, 2.05) is 0 Å². The van der Waals surface area contributed by atoms with Crippen LogP contribution in [0.1, 0.15) is 47.0 Å². The number of rotatable bonds is 4. The maximum Gasteiger partial charge on any atom is -0.0325 e. The standard InChI is InChI=1S/C10H20/c1-5-10(6-2)8-7-9(3)4/h8-9H,5-7H2,1-4H3. The van der Waals surface area contributed by atoms with E-state index >= 15 is 0 Å². The Hall–Kier alpha value is -0.260. The maximum absolute atomic E-state index is 2.39. The summed E-state index contributed by atoms with van der Waals surface area (Å²) in [6.07, 6.45) is 6.09. The van der Waals surface area contributed by atoms with Crippen LogP contribution in [-0.2, 0) is 0 Å². The van der Waals surface area contributed by atoms with Crippen molar-refractivity contribution in [1.29, 1.82) is 0 Å². The fraction of sp³-hybridized carbons (Fsp3) is 0.800. The summed E-state index contributed by atoms with van der Waals surface area (Å²) >= 11 is 0. The Morgan fingerprint density at radius 3 is 2.00 bits per heavy atom. The van der Waals surface area contributed by atoms with Crippen molar-refractivity contribution >= 4 is 0 Å². The van der Waals surface area contributed by atoms with Gasteiger partial charge in [-0.15, -0.1) is 0 Å². The van der Waals surface area contributed by atoms with Gasteiger partial charge in [0, 0.05) is 0 Å². The maximum atomic E-state index is 2.39. The molecular weight excluding hydrogens is 120 g/mol. The van der Waals surface area contributed by atoms with Gasteiger partial charge in [-0.05, 0) is 25.2 Å². The molecule has 10 heavy (non-hydrogen) atoms. The van der Waals surface area contributed by atoms with Gasteiger partial charge in [0.05, 0.1) is 0 Å². The van der Waals surface area contributed by atoms with Crippen LogP contribution in [0.4, 0.5) is 0 Å². The summed E-state index contributed by atoms with van der Waals surface area (Å²) in [5.41, 5.74) is 1.61. The molecule has 0 bridgehead atoms. The molecule has 0 nitrogen and oxygen atoms in total. The molecular formula is C10H20. The van der Waals surface area contributed by atoms with Gasteiger partial charge < -0.3 is 0 Å². The highest BCUT2D eigenvalue weighted by atomic mass is 14.0. The van der Waals surface area contributed by atoms with Crippen molar-refractivity contribution in [3.63, 3.8) is 0 Å². The van der Waals surface area contributed by atoms with E-state index in [1.54, 1.807) is 5.57 Å². The lowest BCUT2D eigenvalue weighted by Gasteiger charge is -2.02. The zero-order valence-corrected chi connectivity index (χ0v) is 7.78. The molecule has 0 heteroatoms. The van der Waals surface area contributed by atoms with E-state index in [4.69, 9.17) is 0 Å². The highest BCUT2D eigenvalue weighted by Gasteiger charge is 1.91. The normalized spacial score (nSPS) is 10.1. The van der Waals surface area contributed by atoms with Crippen molar-refractivity contribution in [3.8, 4) is 0 Å². The molecule has 0 aromatic rings. The molecule has 0 aliphatic rings. The van der Waals surface area contributed by atoms with Crippen molar-refractivity contribution in [3.05, 3.63) is 11.6 Å². The van der Waals surface area contributed by atoms with Crippen LogP contribution in [0.15, 0.2) is 11.6 Å². The first-order valence-corrected chi connectivity index (χ1v) is 4.38. The Morgan fingerprint density at radius 1 is 1.20 bits per heavy atom. The minimum Gasteiger partial charge on any atom is -0.0851 e. The van der Waals surface area contributed by atoms with Gasteiger partial charge in [0.25, 0.3) is 0 Å². The fourth-order valence-electron chi connectivity index (χ4n) is 0.941. The third-order valence-electron chi connectivity index (χ3n) is 1.79. The van der Waals surface area contributed by atoms with Gasteiger partial charge >= 0.3 is 0 Å². The summed E-state index contributed by atoms with van der Waals surface area (Å²) in [5.74, 6) is 0.813. The van der Waals surface area contributed by atoms with Gasteiger partial charge in [-0.2, -0.15) is 0 Å².